The average Bonchev–Trinajstić information content (AvgIpc) is 2.62. The number of esters is 1. The Morgan fingerprint density at radius 3 is 1.85 bits per heavy atom. The van der Waals surface area contributed by atoms with Crippen LogP contribution in [0.5, 0.6) is 0 Å². The summed E-state index contributed by atoms with van der Waals surface area (Å²) >= 11 is 0. The summed E-state index contributed by atoms with van der Waals surface area (Å²) in [7, 11) is 0. The number of hydrogen-bond donors (Lipinski definition) is 3. The molecule has 1 atom stereocenters. The van der Waals surface area contributed by atoms with Crippen molar-refractivity contribution in [3.05, 3.63) is 0 Å². The standard InChI is InChI=1S/C20H42N4O2/c1-2-3-4-5-6-7-8-9-10-11-12-13-17-26-19(25)18(21)15-14-16-24-20(22)23/h18H,2-17,21H2,1H3,(H4,22,23,24)/t18-/m0/s1. The molecule has 0 spiro atoms. The Morgan fingerprint density at radius 2 is 1.35 bits per heavy atom. The molecule has 6 nitrogen and oxygen atoms in total. The Morgan fingerprint density at radius 1 is 0.846 bits per heavy atom. The zero-order valence-corrected chi connectivity index (χ0v) is 16.9. The highest BCUT2D eigenvalue weighted by Crippen LogP contribution is 2.12. The van der Waals surface area contributed by atoms with Crippen LogP contribution in [0.4, 0.5) is 0 Å². The van der Waals surface area contributed by atoms with Crippen molar-refractivity contribution in [1.29, 1.82) is 0 Å². The van der Waals surface area contributed by atoms with Crippen LogP contribution in [-0.4, -0.2) is 31.1 Å². The molecule has 26 heavy (non-hydrogen) atoms. The van der Waals surface area contributed by atoms with Crippen LogP contribution in [0.1, 0.15) is 96.8 Å². The van der Waals surface area contributed by atoms with Crippen molar-refractivity contribution in [1.82, 2.24) is 0 Å². The maximum absolute atomic E-state index is 11.7. The van der Waals surface area contributed by atoms with E-state index in [1.807, 2.05) is 0 Å². The molecule has 0 saturated heterocycles. The van der Waals surface area contributed by atoms with Crippen molar-refractivity contribution in [2.24, 2.45) is 22.2 Å². The molecule has 0 aromatic rings. The molecule has 0 bridgehead atoms. The van der Waals surface area contributed by atoms with Crippen LogP contribution in [0.3, 0.4) is 0 Å². The summed E-state index contributed by atoms with van der Waals surface area (Å²) in [5, 5.41) is 0. The maximum atomic E-state index is 11.7. The quantitative estimate of drug-likeness (QED) is 0.147. The van der Waals surface area contributed by atoms with Crippen molar-refractivity contribution < 1.29 is 9.53 Å². The zero-order chi connectivity index (χ0) is 19.5. The Balaban J connectivity index is 3.33. The summed E-state index contributed by atoms with van der Waals surface area (Å²) < 4.78 is 5.22. The molecular weight excluding hydrogens is 328 g/mol. The Labute approximate surface area is 160 Å². The molecule has 0 amide bonds. The van der Waals surface area contributed by atoms with Crippen LogP contribution >= 0.6 is 0 Å². The van der Waals surface area contributed by atoms with E-state index in [2.05, 4.69) is 11.9 Å². The number of aliphatic imine (C=N–C) groups is 1. The molecule has 0 aliphatic rings. The molecule has 0 aliphatic heterocycles. The molecule has 6 heteroatoms. The topological polar surface area (TPSA) is 117 Å². The number of ether oxygens (including phenoxy) is 1. The molecule has 0 fully saturated rings. The molecule has 6 N–H and O–H groups in total. The van der Waals surface area contributed by atoms with Gasteiger partial charge in [-0.05, 0) is 19.3 Å². The number of carbonyl (C=O) groups is 1. The number of nitrogens with two attached hydrogens (primary N) is 3. The summed E-state index contributed by atoms with van der Waals surface area (Å²) in [5.74, 6) is -0.258. The van der Waals surface area contributed by atoms with E-state index >= 15 is 0 Å². The highest BCUT2D eigenvalue weighted by atomic mass is 16.5. The normalized spacial score (nSPS) is 11.9. The van der Waals surface area contributed by atoms with E-state index in [-0.39, 0.29) is 11.9 Å². The predicted molar refractivity (Wildman–Crippen MR) is 110 cm³/mol. The fourth-order valence-electron chi connectivity index (χ4n) is 2.86. The van der Waals surface area contributed by atoms with Gasteiger partial charge in [0.15, 0.2) is 5.96 Å². The van der Waals surface area contributed by atoms with Gasteiger partial charge < -0.3 is 21.9 Å². The lowest BCUT2D eigenvalue weighted by Crippen LogP contribution is -2.32. The van der Waals surface area contributed by atoms with Gasteiger partial charge in [-0.25, -0.2) is 0 Å². The minimum Gasteiger partial charge on any atom is -0.465 e. The smallest absolute Gasteiger partial charge is 0.322 e. The Kier molecular flexibility index (Phi) is 17.6. The van der Waals surface area contributed by atoms with Gasteiger partial charge in [-0.1, -0.05) is 77.6 Å². The molecule has 0 aromatic heterocycles. The van der Waals surface area contributed by atoms with Crippen molar-refractivity contribution in [3.8, 4) is 0 Å². The Bertz CT molecular complexity index is 358. The monoisotopic (exact) mass is 370 g/mol. The van der Waals surface area contributed by atoms with Crippen molar-refractivity contribution in [2.45, 2.75) is 103 Å². The molecule has 0 radical (unpaired) electrons. The zero-order valence-electron chi connectivity index (χ0n) is 16.9. The summed E-state index contributed by atoms with van der Waals surface area (Å²) in [6.07, 6.45) is 16.7. The highest BCUT2D eigenvalue weighted by molar-refractivity contribution is 5.76. The first kappa shape index (κ1) is 24.7. The Hall–Kier alpha value is -1.30. The number of hydrogen-bond acceptors (Lipinski definition) is 4. The molecule has 0 rings (SSSR count). The SMILES string of the molecule is CCCCCCCCCCCCCCOC(=O)[C@@H](N)CCCN=C(N)N. The van der Waals surface area contributed by atoms with E-state index < -0.39 is 6.04 Å². The van der Waals surface area contributed by atoms with Gasteiger partial charge in [0.05, 0.1) is 6.61 Å². The van der Waals surface area contributed by atoms with E-state index in [9.17, 15) is 4.79 Å². The predicted octanol–water partition coefficient (Wildman–Crippen LogP) is 3.61. The molecular formula is C20H42N4O2. The van der Waals surface area contributed by atoms with Crippen LogP contribution in [0, 0.1) is 0 Å². The van der Waals surface area contributed by atoms with E-state index in [0.717, 1.165) is 12.8 Å². The lowest BCUT2D eigenvalue weighted by Gasteiger charge is -2.10. The number of carbonyl (C=O) groups excluding carboxylic acids is 1. The fourth-order valence-corrected chi connectivity index (χ4v) is 2.86. The summed E-state index contributed by atoms with van der Waals surface area (Å²) in [6, 6.07) is -0.582. The van der Waals surface area contributed by atoms with E-state index in [1.54, 1.807) is 0 Å². The van der Waals surface area contributed by atoms with Gasteiger partial charge in [0.25, 0.3) is 0 Å². The summed E-state index contributed by atoms with van der Waals surface area (Å²) in [5.41, 5.74) is 16.3. The lowest BCUT2D eigenvalue weighted by atomic mass is 10.1. The van der Waals surface area contributed by atoms with E-state index in [4.69, 9.17) is 21.9 Å². The maximum Gasteiger partial charge on any atom is 0.322 e. The van der Waals surface area contributed by atoms with Gasteiger partial charge in [0.2, 0.25) is 0 Å². The second-order valence-corrected chi connectivity index (χ2v) is 7.11. The summed E-state index contributed by atoms with van der Waals surface area (Å²) in [6.45, 7) is 3.21. The van der Waals surface area contributed by atoms with Gasteiger partial charge in [0.1, 0.15) is 6.04 Å². The number of rotatable bonds is 18. The first-order valence-electron chi connectivity index (χ1n) is 10.6. The number of nitrogens with zero attached hydrogens (tertiary/aromatic N) is 1. The van der Waals surface area contributed by atoms with Gasteiger partial charge in [-0.3, -0.25) is 9.79 Å². The van der Waals surface area contributed by atoms with Gasteiger partial charge in [-0.15, -0.1) is 0 Å². The van der Waals surface area contributed by atoms with Crippen LogP contribution in [0.15, 0.2) is 4.99 Å². The molecule has 0 aliphatic carbocycles. The van der Waals surface area contributed by atoms with Gasteiger partial charge in [-0.2, -0.15) is 0 Å². The minimum atomic E-state index is -0.582. The third-order valence-corrected chi connectivity index (χ3v) is 4.51. The van der Waals surface area contributed by atoms with Crippen LogP contribution < -0.4 is 17.2 Å². The first-order valence-corrected chi connectivity index (χ1v) is 10.6. The van der Waals surface area contributed by atoms with Crippen molar-refractivity contribution in [3.63, 3.8) is 0 Å². The third kappa shape index (κ3) is 17.5. The molecule has 0 saturated carbocycles. The minimum absolute atomic E-state index is 0.0631. The first-order chi connectivity index (χ1) is 12.6. The van der Waals surface area contributed by atoms with Crippen molar-refractivity contribution in [2.75, 3.05) is 13.2 Å². The van der Waals surface area contributed by atoms with Crippen LogP contribution in [0.25, 0.3) is 0 Å². The van der Waals surface area contributed by atoms with Gasteiger partial charge in [0, 0.05) is 6.54 Å². The molecule has 154 valence electrons. The van der Waals surface area contributed by atoms with Crippen LogP contribution in [-0.2, 0) is 9.53 Å². The highest BCUT2D eigenvalue weighted by Gasteiger charge is 2.14. The number of unbranched alkanes of at least 4 members (excludes halogenated alkanes) is 11. The lowest BCUT2D eigenvalue weighted by molar-refractivity contribution is -0.145. The van der Waals surface area contributed by atoms with E-state index in [1.165, 1.54) is 64.2 Å². The average molecular weight is 371 g/mol. The second-order valence-electron chi connectivity index (χ2n) is 7.11. The van der Waals surface area contributed by atoms with Gasteiger partial charge >= 0.3 is 5.97 Å². The number of guanidine groups is 1. The fraction of sp³-hybridized carbons (Fsp3) is 0.900. The largest absolute Gasteiger partial charge is 0.465 e. The third-order valence-electron chi connectivity index (χ3n) is 4.51. The second kappa shape index (κ2) is 18.5. The molecule has 0 unspecified atom stereocenters. The summed E-state index contributed by atoms with van der Waals surface area (Å²) in [4.78, 5) is 15.6. The molecule has 0 heterocycles. The van der Waals surface area contributed by atoms with Crippen LogP contribution in [0.2, 0.25) is 0 Å². The molecule has 0 aromatic carbocycles. The van der Waals surface area contributed by atoms with Crippen molar-refractivity contribution >= 4 is 11.9 Å². The van der Waals surface area contributed by atoms with E-state index in [0.29, 0.717) is 26.0 Å².